The van der Waals surface area contributed by atoms with Crippen molar-refractivity contribution >= 4 is 38.9 Å². The molecule has 0 atom stereocenters. The zero-order chi connectivity index (χ0) is 17.9. The van der Waals surface area contributed by atoms with Crippen LogP contribution in [0.4, 0.5) is 0 Å². The Balaban J connectivity index is 2.17. The number of thiophene rings is 1. The Kier molecular flexibility index (Phi) is 6.08. The Bertz CT molecular complexity index is 823. The number of rotatable bonds is 7. The first-order valence-electron chi connectivity index (χ1n) is 7.48. The first-order valence-corrected chi connectivity index (χ1v) is 10.1. The van der Waals surface area contributed by atoms with Crippen LogP contribution in [0.2, 0.25) is 4.34 Å². The summed E-state index contributed by atoms with van der Waals surface area (Å²) in [5, 5.41) is 2.77. The van der Waals surface area contributed by atoms with Crippen LogP contribution in [-0.2, 0) is 23.6 Å². The predicted molar refractivity (Wildman–Crippen MR) is 96.0 cm³/mol. The molecule has 9 heteroatoms. The lowest BCUT2D eigenvalue weighted by atomic mass is 10.4. The number of aryl methyl sites for hydroxylation is 1. The maximum atomic E-state index is 12.5. The lowest BCUT2D eigenvalue weighted by molar-refractivity contribution is 0.0943. The van der Waals surface area contributed by atoms with Gasteiger partial charge in [-0.1, -0.05) is 25.4 Å². The average molecular weight is 390 g/mol. The lowest BCUT2D eigenvalue weighted by Crippen LogP contribution is -2.30. The monoisotopic (exact) mass is 389 g/mol. The summed E-state index contributed by atoms with van der Waals surface area (Å²) in [7, 11) is -1.93. The molecule has 24 heavy (non-hydrogen) atoms. The zero-order valence-electron chi connectivity index (χ0n) is 13.7. The minimum atomic E-state index is -3.58. The van der Waals surface area contributed by atoms with Crippen LogP contribution in [0.3, 0.4) is 0 Å². The number of hydrogen-bond acceptors (Lipinski definition) is 4. The van der Waals surface area contributed by atoms with E-state index in [1.165, 1.54) is 32.5 Å². The molecule has 1 amide bonds. The molecule has 2 aromatic heterocycles. The molecule has 0 aliphatic rings. The molecule has 0 radical (unpaired) electrons. The van der Waals surface area contributed by atoms with Crippen molar-refractivity contribution in [3.63, 3.8) is 0 Å². The van der Waals surface area contributed by atoms with E-state index in [1.54, 1.807) is 27.0 Å². The molecule has 0 saturated carbocycles. The summed E-state index contributed by atoms with van der Waals surface area (Å²) in [6.07, 6.45) is 1.46. The number of hydrogen-bond donors (Lipinski definition) is 1. The summed E-state index contributed by atoms with van der Waals surface area (Å²) in [6.45, 7) is 4.68. The molecule has 0 saturated heterocycles. The third-order valence-electron chi connectivity index (χ3n) is 3.61. The van der Waals surface area contributed by atoms with Crippen molar-refractivity contribution in [2.75, 3.05) is 13.1 Å². The van der Waals surface area contributed by atoms with Gasteiger partial charge in [-0.05, 0) is 18.2 Å². The van der Waals surface area contributed by atoms with Gasteiger partial charge in [0.15, 0.2) is 0 Å². The van der Waals surface area contributed by atoms with Crippen molar-refractivity contribution in [3.8, 4) is 0 Å². The fourth-order valence-electron chi connectivity index (χ4n) is 2.32. The van der Waals surface area contributed by atoms with Gasteiger partial charge in [-0.15, -0.1) is 11.3 Å². The van der Waals surface area contributed by atoms with Crippen molar-refractivity contribution in [1.29, 1.82) is 0 Å². The van der Waals surface area contributed by atoms with E-state index < -0.39 is 10.0 Å². The molecular weight excluding hydrogens is 370 g/mol. The highest BCUT2D eigenvalue weighted by Gasteiger charge is 2.25. The summed E-state index contributed by atoms with van der Waals surface area (Å²) >= 11 is 7.25. The summed E-state index contributed by atoms with van der Waals surface area (Å²) < 4.78 is 28.6. The smallest absolute Gasteiger partial charge is 0.268 e. The van der Waals surface area contributed by atoms with Gasteiger partial charge in [-0.3, -0.25) is 4.79 Å². The van der Waals surface area contributed by atoms with Gasteiger partial charge in [0, 0.05) is 31.2 Å². The van der Waals surface area contributed by atoms with Crippen LogP contribution < -0.4 is 5.32 Å². The number of nitrogens with one attached hydrogen (secondary N) is 1. The molecule has 1 N–H and O–H groups in total. The Morgan fingerprint density at radius 3 is 2.54 bits per heavy atom. The standard InChI is InChI=1S/C15H20ClN3O3S2/c1-4-19(5-2)24(21,22)12-8-13(18(3)10-12)15(20)17-9-11-6-7-14(16)23-11/h6-8,10H,4-5,9H2,1-3H3,(H,17,20). The van der Waals surface area contributed by atoms with Crippen LogP contribution >= 0.6 is 22.9 Å². The third-order valence-corrected chi connectivity index (χ3v) is 6.85. The second-order valence-electron chi connectivity index (χ2n) is 5.15. The van der Waals surface area contributed by atoms with E-state index in [9.17, 15) is 13.2 Å². The molecule has 0 unspecified atom stereocenters. The molecule has 0 bridgehead atoms. The van der Waals surface area contributed by atoms with Crippen LogP contribution in [-0.4, -0.2) is 36.3 Å². The summed E-state index contributed by atoms with van der Waals surface area (Å²) in [5.41, 5.74) is 0.295. The normalized spacial score (nSPS) is 11.9. The minimum absolute atomic E-state index is 0.123. The number of sulfonamides is 1. The van der Waals surface area contributed by atoms with Crippen molar-refractivity contribution < 1.29 is 13.2 Å². The summed E-state index contributed by atoms with van der Waals surface area (Å²) in [6, 6.07) is 5.02. The molecule has 6 nitrogen and oxygen atoms in total. The molecule has 132 valence electrons. The largest absolute Gasteiger partial charge is 0.346 e. The predicted octanol–water partition coefficient (Wildman–Crippen LogP) is 2.70. The second-order valence-corrected chi connectivity index (χ2v) is 8.89. The number of halogens is 1. The van der Waals surface area contributed by atoms with Gasteiger partial charge in [0.05, 0.1) is 10.9 Å². The molecule has 2 rings (SSSR count). The Morgan fingerprint density at radius 2 is 2.00 bits per heavy atom. The second kappa shape index (κ2) is 7.69. The van der Waals surface area contributed by atoms with E-state index in [0.29, 0.717) is 29.7 Å². The highest BCUT2D eigenvalue weighted by molar-refractivity contribution is 7.89. The van der Waals surface area contributed by atoms with E-state index in [0.717, 1.165) is 4.88 Å². The van der Waals surface area contributed by atoms with Gasteiger partial charge < -0.3 is 9.88 Å². The number of aromatic nitrogens is 1. The van der Waals surface area contributed by atoms with Crippen LogP contribution in [0.15, 0.2) is 29.3 Å². The zero-order valence-corrected chi connectivity index (χ0v) is 16.1. The maximum absolute atomic E-state index is 12.5. The maximum Gasteiger partial charge on any atom is 0.268 e. The Hall–Kier alpha value is -1.35. The Morgan fingerprint density at radius 1 is 1.33 bits per heavy atom. The molecule has 0 fully saturated rings. The van der Waals surface area contributed by atoms with Crippen molar-refractivity contribution in [2.24, 2.45) is 7.05 Å². The Labute approximate surface area is 151 Å². The number of amides is 1. The van der Waals surface area contributed by atoms with Gasteiger partial charge in [0.2, 0.25) is 10.0 Å². The van der Waals surface area contributed by atoms with Gasteiger partial charge >= 0.3 is 0 Å². The van der Waals surface area contributed by atoms with Crippen molar-refractivity contribution in [2.45, 2.75) is 25.3 Å². The highest BCUT2D eigenvalue weighted by Crippen LogP contribution is 2.22. The first kappa shape index (κ1) is 19.0. The van der Waals surface area contributed by atoms with E-state index in [1.807, 2.05) is 6.07 Å². The first-order chi connectivity index (χ1) is 11.3. The highest BCUT2D eigenvalue weighted by atomic mass is 35.5. The molecular formula is C15H20ClN3O3S2. The summed E-state index contributed by atoms with van der Waals surface area (Å²) in [5.74, 6) is -0.331. The van der Waals surface area contributed by atoms with Gasteiger partial charge in [-0.25, -0.2) is 8.42 Å². The quantitative estimate of drug-likeness (QED) is 0.791. The molecule has 0 aliphatic carbocycles. The molecule has 0 spiro atoms. The van der Waals surface area contributed by atoms with E-state index >= 15 is 0 Å². The van der Waals surface area contributed by atoms with Crippen LogP contribution in [0.1, 0.15) is 29.2 Å². The van der Waals surface area contributed by atoms with E-state index in [2.05, 4.69) is 5.32 Å². The van der Waals surface area contributed by atoms with Gasteiger partial charge in [0.25, 0.3) is 5.91 Å². The lowest BCUT2D eigenvalue weighted by Gasteiger charge is -2.17. The fourth-order valence-corrected chi connectivity index (χ4v) is 4.88. The average Bonchev–Trinajstić information content (AvgIpc) is 3.12. The van der Waals surface area contributed by atoms with Crippen molar-refractivity contribution in [3.05, 3.63) is 39.3 Å². The number of carbonyl (C=O) groups is 1. The summed E-state index contributed by atoms with van der Waals surface area (Å²) in [4.78, 5) is 13.4. The van der Waals surface area contributed by atoms with Crippen molar-refractivity contribution in [1.82, 2.24) is 14.2 Å². The molecule has 0 aliphatic heterocycles. The van der Waals surface area contributed by atoms with Crippen LogP contribution in [0.5, 0.6) is 0 Å². The van der Waals surface area contributed by atoms with E-state index in [-0.39, 0.29) is 10.8 Å². The molecule has 2 heterocycles. The SMILES string of the molecule is CCN(CC)S(=O)(=O)c1cc(C(=O)NCc2ccc(Cl)s2)n(C)c1. The number of carbonyl (C=O) groups excluding carboxylic acids is 1. The third kappa shape index (κ3) is 4.00. The van der Waals surface area contributed by atoms with Crippen LogP contribution in [0, 0.1) is 0 Å². The molecule has 0 aromatic carbocycles. The topological polar surface area (TPSA) is 71.4 Å². The van der Waals surface area contributed by atoms with Gasteiger partial charge in [0.1, 0.15) is 10.6 Å². The van der Waals surface area contributed by atoms with Gasteiger partial charge in [-0.2, -0.15) is 4.31 Å². The van der Waals surface area contributed by atoms with E-state index in [4.69, 9.17) is 11.6 Å². The number of nitrogens with zero attached hydrogens (tertiary/aromatic N) is 2. The fraction of sp³-hybridized carbons (Fsp3) is 0.400. The minimum Gasteiger partial charge on any atom is -0.346 e. The van der Waals surface area contributed by atoms with Crippen LogP contribution in [0.25, 0.3) is 0 Å². The molecule has 2 aromatic rings.